The Morgan fingerprint density at radius 3 is 2.48 bits per heavy atom. The van der Waals surface area contributed by atoms with Gasteiger partial charge in [-0.15, -0.1) is 0 Å². The van der Waals surface area contributed by atoms with Gasteiger partial charge in [0.15, 0.2) is 9.84 Å². The minimum atomic E-state index is -2.88. The molecule has 1 aromatic heterocycles. The highest BCUT2D eigenvalue weighted by Gasteiger charge is 2.31. The van der Waals surface area contributed by atoms with Crippen molar-refractivity contribution < 1.29 is 17.6 Å². The fourth-order valence-electron chi connectivity index (χ4n) is 3.93. The number of sulfone groups is 1. The number of amides is 1. The van der Waals surface area contributed by atoms with Crippen LogP contribution in [-0.2, 0) is 9.84 Å². The monoisotopic (exact) mass is 391 g/mol. The van der Waals surface area contributed by atoms with E-state index in [-0.39, 0.29) is 23.2 Å². The highest BCUT2D eigenvalue weighted by atomic mass is 32.2. The maximum absolute atomic E-state index is 13.4. The first-order valence-electron chi connectivity index (χ1n) is 9.20. The lowest BCUT2D eigenvalue weighted by Gasteiger charge is -2.40. The van der Waals surface area contributed by atoms with Gasteiger partial charge >= 0.3 is 0 Å². The summed E-state index contributed by atoms with van der Waals surface area (Å²) in [5.41, 5.74) is 1.13. The molecule has 2 aliphatic heterocycles. The van der Waals surface area contributed by atoms with Crippen molar-refractivity contribution in [2.24, 2.45) is 0 Å². The number of likely N-dealkylation sites (tertiary alicyclic amines) is 1. The molecule has 0 unspecified atom stereocenters. The van der Waals surface area contributed by atoms with Crippen LogP contribution in [0.4, 0.5) is 4.39 Å². The molecule has 27 heavy (non-hydrogen) atoms. The summed E-state index contributed by atoms with van der Waals surface area (Å²) in [5, 5.41) is 0.616. The van der Waals surface area contributed by atoms with Crippen LogP contribution in [0.25, 0.3) is 10.9 Å². The van der Waals surface area contributed by atoms with E-state index in [0.29, 0.717) is 48.7 Å². The summed E-state index contributed by atoms with van der Waals surface area (Å²) in [7, 11) is -2.88. The SMILES string of the molecule is O=C(c1cnc2ccc(F)cc2c1)N1CCC(N2CCS(=O)(=O)CC2)CC1. The summed E-state index contributed by atoms with van der Waals surface area (Å²) in [5.74, 6) is 0.0169. The molecule has 0 bridgehead atoms. The van der Waals surface area contributed by atoms with Gasteiger partial charge in [0.2, 0.25) is 0 Å². The van der Waals surface area contributed by atoms with Crippen molar-refractivity contribution in [2.75, 3.05) is 37.7 Å². The van der Waals surface area contributed by atoms with Crippen LogP contribution in [0.3, 0.4) is 0 Å². The van der Waals surface area contributed by atoms with Gasteiger partial charge in [-0.05, 0) is 37.1 Å². The van der Waals surface area contributed by atoms with Gasteiger partial charge < -0.3 is 4.90 Å². The molecule has 2 saturated heterocycles. The van der Waals surface area contributed by atoms with Crippen LogP contribution >= 0.6 is 0 Å². The van der Waals surface area contributed by atoms with Crippen molar-refractivity contribution in [1.82, 2.24) is 14.8 Å². The third kappa shape index (κ3) is 3.96. The molecule has 1 amide bonds. The Bertz CT molecular complexity index is 957. The number of aromatic nitrogens is 1. The van der Waals surface area contributed by atoms with Gasteiger partial charge in [-0.1, -0.05) is 0 Å². The van der Waals surface area contributed by atoms with E-state index in [1.807, 2.05) is 0 Å². The summed E-state index contributed by atoms with van der Waals surface area (Å²) >= 11 is 0. The Balaban J connectivity index is 1.40. The number of carbonyl (C=O) groups is 1. The van der Waals surface area contributed by atoms with Crippen LogP contribution in [0.15, 0.2) is 30.5 Å². The van der Waals surface area contributed by atoms with Gasteiger partial charge in [0.05, 0.1) is 22.6 Å². The molecule has 3 heterocycles. The lowest BCUT2D eigenvalue weighted by molar-refractivity contribution is 0.0629. The van der Waals surface area contributed by atoms with Crippen molar-refractivity contribution in [3.8, 4) is 0 Å². The molecule has 0 N–H and O–H groups in total. The topological polar surface area (TPSA) is 70.6 Å². The smallest absolute Gasteiger partial charge is 0.255 e. The zero-order valence-corrected chi connectivity index (χ0v) is 15.8. The molecule has 0 atom stereocenters. The van der Waals surface area contributed by atoms with Crippen molar-refractivity contribution in [3.05, 3.63) is 41.8 Å². The minimum absolute atomic E-state index is 0.0895. The molecule has 1 aromatic carbocycles. The predicted octanol–water partition coefficient (Wildman–Crippen LogP) is 1.71. The second-order valence-electron chi connectivity index (χ2n) is 7.27. The highest BCUT2D eigenvalue weighted by molar-refractivity contribution is 7.91. The normalized spacial score (nSPS) is 21.4. The zero-order valence-electron chi connectivity index (χ0n) is 15.0. The van der Waals surface area contributed by atoms with E-state index in [4.69, 9.17) is 0 Å². The molecule has 2 aliphatic rings. The van der Waals surface area contributed by atoms with E-state index in [1.165, 1.54) is 12.1 Å². The van der Waals surface area contributed by atoms with E-state index in [9.17, 15) is 17.6 Å². The number of piperidine rings is 1. The minimum Gasteiger partial charge on any atom is -0.338 e. The average molecular weight is 391 g/mol. The second kappa shape index (κ2) is 7.16. The number of carbonyl (C=O) groups excluding carboxylic acids is 1. The summed E-state index contributed by atoms with van der Waals surface area (Å²) in [6, 6.07) is 6.36. The maximum atomic E-state index is 13.4. The Morgan fingerprint density at radius 2 is 1.78 bits per heavy atom. The molecular formula is C19H22FN3O3S. The first-order valence-corrected chi connectivity index (χ1v) is 11.0. The standard InChI is InChI=1S/C19H22FN3O3S/c20-16-1-2-18-14(12-16)11-15(13-21-18)19(24)23-5-3-17(4-6-23)22-7-9-27(25,26)10-8-22/h1-2,11-13,17H,3-10H2. The Morgan fingerprint density at radius 1 is 1.07 bits per heavy atom. The van der Waals surface area contributed by atoms with Gasteiger partial charge in [-0.3, -0.25) is 14.7 Å². The summed E-state index contributed by atoms with van der Waals surface area (Å²) in [6.07, 6.45) is 3.22. The Hall–Kier alpha value is -2.06. The Labute approximate surface area is 157 Å². The lowest BCUT2D eigenvalue weighted by Crippen LogP contribution is -2.51. The van der Waals surface area contributed by atoms with Gasteiger partial charge in [-0.2, -0.15) is 0 Å². The van der Waals surface area contributed by atoms with Gasteiger partial charge in [0.25, 0.3) is 5.91 Å². The molecule has 6 nitrogen and oxygen atoms in total. The summed E-state index contributed by atoms with van der Waals surface area (Å²) in [6.45, 7) is 2.43. The molecule has 0 radical (unpaired) electrons. The number of benzene rings is 1. The van der Waals surface area contributed by atoms with Crippen LogP contribution < -0.4 is 0 Å². The molecule has 4 rings (SSSR count). The number of hydrogen-bond donors (Lipinski definition) is 0. The largest absolute Gasteiger partial charge is 0.338 e. The van der Waals surface area contributed by atoms with Crippen LogP contribution in [-0.4, -0.2) is 72.8 Å². The van der Waals surface area contributed by atoms with Crippen molar-refractivity contribution in [3.63, 3.8) is 0 Å². The van der Waals surface area contributed by atoms with E-state index >= 15 is 0 Å². The fourth-order valence-corrected chi connectivity index (χ4v) is 5.16. The van der Waals surface area contributed by atoms with E-state index in [1.54, 1.807) is 23.2 Å². The summed E-state index contributed by atoms with van der Waals surface area (Å²) < 4.78 is 36.6. The van der Waals surface area contributed by atoms with Gasteiger partial charge in [0, 0.05) is 43.8 Å². The quantitative estimate of drug-likeness (QED) is 0.780. The molecule has 0 aliphatic carbocycles. The molecule has 144 valence electrons. The molecular weight excluding hydrogens is 369 g/mol. The van der Waals surface area contributed by atoms with Gasteiger partial charge in [0.1, 0.15) is 5.82 Å². The zero-order chi connectivity index (χ0) is 19.0. The molecule has 0 spiro atoms. The summed E-state index contributed by atoms with van der Waals surface area (Å²) in [4.78, 5) is 21.1. The van der Waals surface area contributed by atoms with Crippen molar-refractivity contribution in [1.29, 1.82) is 0 Å². The molecule has 0 saturated carbocycles. The van der Waals surface area contributed by atoms with Gasteiger partial charge in [-0.25, -0.2) is 12.8 Å². The Kier molecular flexibility index (Phi) is 4.86. The molecule has 2 aromatic rings. The maximum Gasteiger partial charge on any atom is 0.255 e. The van der Waals surface area contributed by atoms with Crippen LogP contribution in [0.2, 0.25) is 0 Å². The van der Waals surface area contributed by atoms with Crippen molar-refractivity contribution >= 4 is 26.6 Å². The number of nitrogens with zero attached hydrogens (tertiary/aromatic N) is 3. The van der Waals surface area contributed by atoms with Crippen LogP contribution in [0.1, 0.15) is 23.2 Å². The molecule has 2 fully saturated rings. The predicted molar refractivity (Wildman–Crippen MR) is 101 cm³/mol. The number of fused-ring (bicyclic) bond motifs is 1. The first kappa shape index (κ1) is 18.3. The third-order valence-electron chi connectivity index (χ3n) is 5.54. The number of rotatable bonds is 2. The van der Waals surface area contributed by atoms with E-state index in [0.717, 1.165) is 12.8 Å². The van der Waals surface area contributed by atoms with E-state index in [2.05, 4.69) is 9.88 Å². The van der Waals surface area contributed by atoms with Crippen LogP contribution in [0.5, 0.6) is 0 Å². The van der Waals surface area contributed by atoms with Crippen molar-refractivity contribution in [2.45, 2.75) is 18.9 Å². The molecule has 8 heteroatoms. The number of hydrogen-bond acceptors (Lipinski definition) is 5. The third-order valence-corrected chi connectivity index (χ3v) is 7.15. The number of pyridine rings is 1. The highest BCUT2D eigenvalue weighted by Crippen LogP contribution is 2.21. The second-order valence-corrected chi connectivity index (χ2v) is 9.58. The first-order chi connectivity index (χ1) is 12.9. The van der Waals surface area contributed by atoms with E-state index < -0.39 is 9.84 Å². The lowest BCUT2D eigenvalue weighted by atomic mass is 10.0. The fraction of sp³-hybridized carbons (Fsp3) is 0.474. The average Bonchev–Trinajstić information content (AvgIpc) is 2.67. The van der Waals surface area contributed by atoms with Crippen LogP contribution in [0, 0.1) is 5.82 Å². The number of halogens is 1.